The Kier molecular flexibility index (Phi) is 7.81. The van der Waals surface area contributed by atoms with Gasteiger partial charge in [0.2, 0.25) is 5.91 Å². The normalized spacial score (nSPS) is 11.2. The standard InChI is InChI=1S/C35H29N5O2/c41-30(21-20-25-12-4-1-5-13-25)39-33-31(35(42)36-23-22-26-14-6-2-7-15-26)32-34(38-29-19-11-10-18-28(29)37-32)40(33)24-27-16-8-3-9-17-27/h1-21H,22-24H2,(H,36,42)(H,39,41). The summed E-state index contributed by atoms with van der Waals surface area (Å²) in [6.45, 7) is 0.816. The van der Waals surface area contributed by atoms with Gasteiger partial charge in [-0.05, 0) is 41.3 Å². The molecular formula is C35H29N5O2. The number of nitrogens with zero attached hydrogens (tertiary/aromatic N) is 3. The lowest BCUT2D eigenvalue weighted by molar-refractivity contribution is -0.111. The number of nitrogens with one attached hydrogen (secondary N) is 2. The van der Waals surface area contributed by atoms with Crippen LogP contribution in [0.25, 0.3) is 28.3 Å². The zero-order chi connectivity index (χ0) is 28.7. The Morgan fingerprint density at radius 3 is 2.00 bits per heavy atom. The zero-order valence-electron chi connectivity index (χ0n) is 22.9. The molecule has 0 aliphatic rings. The van der Waals surface area contributed by atoms with Gasteiger partial charge in [0, 0.05) is 12.6 Å². The second-order valence-electron chi connectivity index (χ2n) is 9.90. The van der Waals surface area contributed by atoms with E-state index in [4.69, 9.17) is 9.97 Å². The number of carbonyl (C=O) groups is 2. The zero-order valence-corrected chi connectivity index (χ0v) is 22.9. The molecule has 4 aromatic carbocycles. The van der Waals surface area contributed by atoms with Crippen LogP contribution >= 0.6 is 0 Å². The average Bonchev–Trinajstić information content (AvgIpc) is 3.31. The molecule has 0 aliphatic heterocycles. The fourth-order valence-corrected chi connectivity index (χ4v) is 4.91. The molecule has 6 aromatic rings. The number of fused-ring (bicyclic) bond motifs is 2. The summed E-state index contributed by atoms with van der Waals surface area (Å²) in [5.41, 5.74) is 5.62. The highest BCUT2D eigenvalue weighted by atomic mass is 16.2. The molecule has 0 saturated carbocycles. The summed E-state index contributed by atoms with van der Waals surface area (Å²) < 4.78 is 1.87. The van der Waals surface area contributed by atoms with Crippen molar-refractivity contribution < 1.29 is 9.59 Å². The monoisotopic (exact) mass is 551 g/mol. The van der Waals surface area contributed by atoms with E-state index in [1.54, 1.807) is 6.08 Å². The molecule has 6 rings (SSSR count). The van der Waals surface area contributed by atoms with Gasteiger partial charge in [0.1, 0.15) is 16.9 Å². The summed E-state index contributed by atoms with van der Waals surface area (Å²) in [5, 5.41) is 6.05. The number of amides is 2. The fraction of sp³-hybridized carbons (Fsp3) is 0.0857. The van der Waals surface area contributed by atoms with Gasteiger partial charge in [0.15, 0.2) is 5.65 Å². The van der Waals surface area contributed by atoms with Gasteiger partial charge in [-0.25, -0.2) is 9.97 Å². The second kappa shape index (κ2) is 12.3. The second-order valence-corrected chi connectivity index (χ2v) is 9.90. The number of hydrogen-bond donors (Lipinski definition) is 2. The summed E-state index contributed by atoms with van der Waals surface area (Å²) >= 11 is 0. The lowest BCUT2D eigenvalue weighted by Crippen LogP contribution is -2.27. The van der Waals surface area contributed by atoms with Crippen molar-refractivity contribution in [3.8, 4) is 0 Å². The van der Waals surface area contributed by atoms with Gasteiger partial charge < -0.3 is 15.2 Å². The molecule has 2 heterocycles. The van der Waals surface area contributed by atoms with E-state index in [1.807, 2.05) is 120 Å². The lowest BCUT2D eigenvalue weighted by atomic mass is 10.1. The van der Waals surface area contributed by atoms with Crippen LogP contribution in [-0.2, 0) is 17.8 Å². The summed E-state index contributed by atoms with van der Waals surface area (Å²) in [4.78, 5) is 37.0. The quantitative estimate of drug-likeness (QED) is 0.208. The molecule has 0 radical (unpaired) electrons. The average molecular weight is 552 g/mol. The van der Waals surface area contributed by atoms with Gasteiger partial charge in [-0.2, -0.15) is 0 Å². The van der Waals surface area contributed by atoms with E-state index < -0.39 is 0 Å². The van der Waals surface area contributed by atoms with Crippen LogP contribution in [-0.4, -0.2) is 32.9 Å². The van der Waals surface area contributed by atoms with Gasteiger partial charge in [0.25, 0.3) is 5.91 Å². The maximum absolute atomic E-state index is 13.9. The number of benzene rings is 4. The Labute approximate surface area is 243 Å². The van der Waals surface area contributed by atoms with Crippen LogP contribution in [0.5, 0.6) is 0 Å². The van der Waals surface area contributed by atoms with E-state index in [1.165, 1.54) is 6.08 Å². The van der Waals surface area contributed by atoms with Crippen molar-refractivity contribution in [1.29, 1.82) is 0 Å². The number of aromatic nitrogens is 3. The minimum atomic E-state index is -0.362. The van der Waals surface area contributed by atoms with Gasteiger partial charge in [0.05, 0.1) is 17.6 Å². The summed E-state index contributed by atoms with van der Waals surface area (Å²) in [5.74, 6) is -0.336. The van der Waals surface area contributed by atoms with E-state index in [0.29, 0.717) is 47.5 Å². The van der Waals surface area contributed by atoms with E-state index in [9.17, 15) is 9.59 Å². The summed E-state index contributed by atoms with van der Waals surface area (Å²) in [6.07, 6.45) is 3.88. The molecule has 2 aromatic heterocycles. The van der Waals surface area contributed by atoms with Crippen LogP contribution < -0.4 is 10.6 Å². The largest absolute Gasteiger partial charge is 0.352 e. The third-order valence-electron chi connectivity index (χ3n) is 6.97. The van der Waals surface area contributed by atoms with Crippen molar-refractivity contribution in [1.82, 2.24) is 19.9 Å². The van der Waals surface area contributed by atoms with Crippen molar-refractivity contribution in [2.24, 2.45) is 0 Å². The minimum Gasteiger partial charge on any atom is -0.352 e. The Hall–Kier alpha value is -5.56. The highest BCUT2D eigenvalue weighted by Gasteiger charge is 2.26. The summed E-state index contributed by atoms with van der Waals surface area (Å²) in [7, 11) is 0. The van der Waals surface area contributed by atoms with Crippen LogP contribution in [0.15, 0.2) is 121 Å². The van der Waals surface area contributed by atoms with Crippen LogP contribution in [0.4, 0.5) is 5.82 Å². The topological polar surface area (TPSA) is 88.9 Å². The van der Waals surface area contributed by atoms with Crippen molar-refractivity contribution in [3.05, 3.63) is 144 Å². The number of hydrogen-bond acceptors (Lipinski definition) is 4. The van der Waals surface area contributed by atoms with Crippen molar-refractivity contribution in [2.45, 2.75) is 13.0 Å². The van der Waals surface area contributed by atoms with Gasteiger partial charge >= 0.3 is 0 Å². The molecule has 7 nitrogen and oxygen atoms in total. The third kappa shape index (κ3) is 5.95. The summed E-state index contributed by atoms with van der Waals surface area (Å²) in [6, 6.07) is 37.0. The number of para-hydroxylation sites is 2. The Morgan fingerprint density at radius 2 is 1.31 bits per heavy atom. The first-order valence-electron chi connectivity index (χ1n) is 13.8. The van der Waals surface area contributed by atoms with E-state index in [0.717, 1.165) is 16.7 Å². The molecule has 0 fully saturated rings. The van der Waals surface area contributed by atoms with Crippen LogP contribution in [0.3, 0.4) is 0 Å². The minimum absolute atomic E-state index is 0.286. The Morgan fingerprint density at radius 1 is 0.714 bits per heavy atom. The van der Waals surface area contributed by atoms with E-state index >= 15 is 0 Å². The third-order valence-corrected chi connectivity index (χ3v) is 6.97. The number of carbonyl (C=O) groups excluding carboxylic acids is 2. The maximum Gasteiger partial charge on any atom is 0.257 e. The molecule has 0 spiro atoms. The van der Waals surface area contributed by atoms with Crippen molar-refractivity contribution in [3.63, 3.8) is 0 Å². The molecule has 2 N–H and O–H groups in total. The smallest absolute Gasteiger partial charge is 0.257 e. The Balaban J connectivity index is 1.44. The SMILES string of the molecule is O=C(C=Cc1ccccc1)Nc1c(C(=O)NCCc2ccccc2)c2nc3ccccc3nc2n1Cc1ccccc1. The molecule has 206 valence electrons. The first-order valence-corrected chi connectivity index (χ1v) is 13.8. The van der Waals surface area contributed by atoms with Crippen LogP contribution in [0.2, 0.25) is 0 Å². The van der Waals surface area contributed by atoms with Gasteiger partial charge in [-0.3, -0.25) is 9.59 Å². The highest BCUT2D eigenvalue weighted by molar-refractivity contribution is 6.14. The highest BCUT2D eigenvalue weighted by Crippen LogP contribution is 2.31. The molecule has 0 atom stereocenters. The molecule has 42 heavy (non-hydrogen) atoms. The van der Waals surface area contributed by atoms with Crippen LogP contribution in [0.1, 0.15) is 27.0 Å². The molecule has 7 heteroatoms. The molecule has 0 saturated heterocycles. The first-order chi connectivity index (χ1) is 20.7. The predicted octanol–water partition coefficient (Wildman–Crippen LogP) is 6.26. The Bertz CT molecular complexity index is 1880. The van der Waals surface area contributed by atoms with E-state index in [-0.39, 0.29) is 17.4 Å². The molecule has 0 unspecified atom stereocenters. The molecular weight excluding hydrogens is 522 g/mol. The number of anilines is 1. The molecule has 0 aliphatic carbocycles. The lowest BCUT2D eigenvalue weighted by Gasteiger charge is -2.12. The maximum atomic E-state index is 13.9. The fourth-order valence-electron chi connectivity index (χ4n) is 4.91. The van der Waals surface area contributed by atoms with Crippen LogP contribution in [0, 0.1) is 0 Å². The number of rotatable bonds is 9. The van der Waals surface area contributed by atoms with E-state index in [2.05, 4.69) is 10.6 Å². The van der Waals surface area contributed by atoms with Gasteiger partial charge in [-0.1, -0.05) is 103 Å². The predicted molar refractivity (Wildman–Crippen MR) is 167 cm³/mol. The van der Waals surface area contributed by atoms with Gasteiger partial charge in [-0.15, -0.1) is 0 Å². The van der Waals surface area contributed by atoms with Crippen molar-refractivity contribution >= 4 is 45.9 Å². The van der Waals surface area contributed by atoms with Crippen molar-refractivity contribution in [2.75, 3.05) is 11.9 Å². The molecule has 0 bridgehead atoms. The first kappa shape index (κ1) is 26.7. The molecule has 2 amide bonds.